The van der Waals surface area contributed by atoms with Crippen molar-refractivity contribution in [2.45, 2.75) is 25.8 Å². The van der Waals surface area contributed by atoms with E-state index in [1.54, 1.807) is 30.8 Å². The van der Waals surface area contributed by atoms with E-state index < -0.39 is 6.04 Å². The summed E-state index contributed by atoms with van der Waals surface area (Å²) >= 11 is 0. The SMILES string of the molecule is C=C/C(=C\N(C=O)/C=C/C1=CC=CCC1)C1C=NC(N)=NC1C(=C)O/C=C\C. The van der Waals surface area contributed by atoms with Crippen LogP contribution in [0.1, 0.15) is 19.8 Å². The normalized spacial score (nSPS) is 22.1. The van der Waals surface area contributed by atoms with E-state index in [1.165, 1.54) is 11.2 Å². The highest BCUT2D eigenvalue weighted by molar-refractivity contribution is 5.91. The minimum Gasteiger partial charge on any atom is -0.468 e. The highest BCUT2D eigenvalue weighted by atomic mass is 16.5. The molecule has 0 aromatic heterocycles. The monoisotopic (exact) mass is 378 g/mol. The first-order chi connectivity index (χ1) is 13.6. The number of amides is 1. The topological polar surface area (TPSA) is 80.3 Å². The summed E-state index contributed by atoms with van der Waals surface area (Å²) < 4.78 is 5.49. The van der Waals surface area contributed by atoms with Gasteiger partial charge in [-0.2, -0.15) is 0 Å². The summed E-state index contributed by atoms with van der Waals surface area (Å²) in [6.07, 6.45) is 20.8. The average Bonchev–Trinajstić information content (AvgIpc) is 2.73. The van der Waals surface area contributed by atoms with Gasteiger partial charge in [0.15, 0.2) is 0 Å². The van der Waals surface area contributed by atoms with Gasteiger partial charge in [-0.05, 0) is 37.0 Å². The minimum atomic E-state index is -0.471. The number of carbonyl (C=O) groups excluding carboxylic acids is 1. The molecule has 0 aromatic rings. The van der Waals surface area contributed by atoms with Crippen molar-refractivity contribution in [2.75, 3.05) is 0 Å². The van der Waals surface area contributed by atoms with Crippen molar-refractivity contribution in [3.8, 4) is 0 Å². The second-order valence-corrected chi connectivity index (χ2v) is 6.20. The van der Waals surface area contributed by atoms with E-state index in [1.807, 2.05) is 25.2 Å². The molecule has 0 fully saturated rings. The summed E-state index contributed by atoms with van der Waals surface area (Å²) in [5.41, 5.74) is 7.65. The molecule has 0 bridgehead atoms. The van der Waals surface area contributed by atoms with Crippen LogP contribution in [0.15, 0.2) is 95.2 Å². The van der Waals surface area contributed by atoms with Crippen LogP contribution in [0.4, 0.5) is 0 Å². The van der Waals surface area contributed by atoms with Crippen LogP contribution >= 0.6 is 0 Å². The Kier molecular flexibility index (Phi) is 7.96. The first-order valence-electron chi connectivity index (χ1n) is 9.04. The zero-order valence-corrected chi connectivity index (χ0v) is 16.1. The molecule has 2 aliphatic rings. The van der Waals surface area contributed by atoms with Gasteiger partial charge in [-0.1, -0.05) is 43.5 Å². The summed E-state index contributed by atoms with van der Waals surface area (Å²) in [6, 6.07) is -0.471. The average molecular weight is 378 g/mol. The molecule has 1 amide bonds. The Hall–Kier alpha value is -3.41. The maximum Gasteiger partial charge on any atom is 0.217 e. The Bertz CT molecular complexity index is 812. The van der Waals surface area contributed by atoms with Gasteiger partial charge in [-0.3, -0.25) is 9.69 Å². The van der Waals surface area contributed by atoms with Crippen molar-refractivity contribution in [1.29, 1.82) is 0 Å². The van der Waals surface area contributed by atoms with Crippen LogP contribution in [0.25, 0.3) is 0 Å². The molecule has 6 nitrogen and oxygen atoms in total. The first kappa shape index (κ1) is 20.9. The van der Waals surface area contributed by atoms with Crippen LogP contribution in [-0.4, -0.2) is 29.5 Å². The van der Waals surface area contributed by atoms with Crippen LogP contribution < -0.4 is 5.73 Å². The molecule has 2 rings (SSSR count). The van der Waals surface area contributed by atoms with Crippen LogP contribution in [0.5, 0.6) is 0 Å². The molecule has 0 saturated carbocycles. The molecule has 0 saturated heterocycles. The highest BCUT2D eigenvalue weighted by Gasteiger charge is 2.29. The lowest BCUT2D eigenvalue weighted by Crippen LogP contribution is -2.32. The van der Waals surface area contributed by atoms with Crippen molar-refractivity contribution >= 4 is 18.6 Å². The number of rotatable bonds is 9. The van der Waals surface area contributed by atoms with Gasteiger partial charge in [0.25, 0.3) is 0 Å². The summed E-state index contributed by atoms with van der Waals surface area (Å²) in [4.78, 5) is 21.4. The van der Waals surface area contributed by atoms with Gasteiger partial charge in [0.1, 0.15) is 11.8 Å². The molecule has 2 atom stereocenters. The first-order valence-corrected chi connectivity index (χ1v) is 9.04. The van der Waals surface area contributed by atoms with Gasteiger partial charge in [0, 0.05) is 18.6 Å². The summed E-state index contributed by atoms with van der Waals surface area (Å²) in [7, 11) is 0. The quantitative estimate of drug-likeness (QED) is 0.377. The summed E-state index contributed by atoms with van der Waals surface area (Å²) in [5.74, 6) is 0.270. The minimum absolute atomic E-state index is 0.152. The number of ether oxygens (including phenoxy) is 1. The van der Waals surface area contributed by atoms with Crippen LogP contribution in [0.3, 0.4) is 0 Å². The van der Waals surface area contributed by atoms with E-state index in [-0.39, 0.29) is 11.9 Å². The third-order valence-corrected chi connectivity index (χ3v) is 4.21. The molecule has 0 aromatic carbocycles. The van der Waals surface area contributed by atoms with Gasteiger partial charge in [-0.15, -0.1) is 0 Å². The fraction of sp³-hybridized carbons (Fsp3) is 0.227. The molecule has 2 unspecified atom stereocenters. The number of allylic oxidation sites excluding steroid dienone is 7. The Morgan fingerprint density at radius 1 is 1.46 bits per heavy atom. The maximum atomic E-state index is 11.6. The van der Waals surface area contributed by atoms with Crippen molar-refractivity contribution in [3.63, 3.8) is 0 Å². The van der Waals surface area contributed by atoms with Crippen LogP contribution in [0.2, 0.25) is 0 Å². The van der Waals surface area contributed by atoms with E-state index in [4.69, 9.17) is 10.5 Å². The van der Waals surface area contributed by atoms with Gasteiger partial charge in [0.05, 0.1) is 12.2 Å². The van der Waals surface area contributed by atoms with E-state index in [0.29, 0.717) is 5.76 Å². The van der Waals surface area contributed by atoms with Crippen molar-refractivity contribution in [1.82, 2.24) is 4.90 Å². The third kappa shape index (κ3) is 5.81. The van der Waals surface area contributed by atoms with E-state index >= 15 is 0 Å². The molecule has 1 aliphatic heterocycles. The van der Waals surface area contributed by atoms with E-state index in [0.717, 1.165) is 30.4 Å². The third-order valence-electron chi connectivity index (χ3n) is 4.21. The number of aliphatic imine (C=N–C) groups is 2. The molecule has 0 spiro atoms. The summed E-state index contributed by atoms with van der Waals surface area (Å²) in [5, 5.41) is 0. The largest absolute Gasteiger partial charge is 0.468 e. The van der Waals surface area contributed by atoms with Gasteiger partial charge < -0.3 is 10.5 Å². The highest BCUT2D eigenvalue weighted by Crippen LogP contribution is 2.26. The molecule has 146 valence electrons. The molecule has 1 heterocycles. The number of hydrogen-bond acceptors (Lipinski definition) is 5. The Labute approximate surface area is 166 Å². The second kappa shape index (κ2) is 10.7. The van der Waals surface area contributed by atoms with Gasteiger partial charge >= 0.3 is 0 Å². The van der Waals surface area contributed by atoms with Crippen LogP contribution in [0, 0.1) is 5.92 Å². The standard InChI is InChI=1S/C22H26N4O2/c1-4-13-28-17(3)21-20(14-24-22(23)25-21)19(5-2)15-26(16-27)12-11-18-9-7-6-8-10-18/h4-7,9,11-16,20-21H,2-3,8,10H2,1H3,(H2,23,25)/b12-11+,13-4-,19-15+. The number of carbonyl (C=O) groups is 1. The number of hydrogen-bond donors (Lipinski definition) is 1. The molecular formula is C22H26N4O2. The fourth-order valence-electron chi connectivity index (χ4n) is 2.76. The molecular weight excluding hydrogens is 352 g/mol. The Morgan fingerprint density at radius 2 is 2.29 bits per heavy atom. The predicted octanol–water partition coefficient (Wildman–Crippen LogP) is 3.75. The number of nitrogens with zero attached hydrogens (tertiary/aromatic N) is 3. The van der Waals surface area contributed by atoms with E-state index in [9.17, 15) is 4.79 Å². The van der Waals surface area contributed by atoms with Gasteiger partial charge in [-0.25, -0.2) is 9.98 Å². The predicted molar refractivity (Wildman–Crippen MR) is 114 cm³/mol. The molecule has 0 radical (unpaired) electrons. The van der Waals surface area contributed by atoms with Gasteiger partial charge in [0.2, 0.25) is 12.4 Å². The van der Waals surface area contributed by atoms with Crippen molar-refractivity contribution in [3.05, 3.63) is 85.2 Å². The second-order valence-electron chi connectivity index (χ2n) is 6.20. The molecule has 2 N–H and O–H groups in total. The lowest BCUT2D eigenvalue weighted by atomic mass is 9.91. The smallest absolute Gasteiger partial charge is 0.217 e. The molecule has 1 aliphatic carbocycles. The lowest BCUT2D eigenvalue weighted by Gasteiger charge is -2.26. The fourth-order valence-corrected chi connectivity index (χ4v) is 2.76. The lowest BCUT2D eigenvalue weighted by molar-refractivity contribution is -0.114. The summed E-state index contributed by atoms with van der Waals surface area (Å²) in [6.45, 7) is 9.65. The zero-order chi connectivity index (χ0) is 20.4. The van der Waals surface area contributed by atoms with E-state index in [2.05, 4.69) is 29.2 Å². The number of guanidine groups is 1. The Morgan fingerprint density at radius 3 is 2.93 bits per heavy atom. The molecule has 6 heteroatoms. The number of nitrogens with two attached hydrogens (primary N) is 1. The maximum absolute atomic E-state index is 11.6. The van der Waals surface area contributed by atoms with Crippen molar-refractivity contribution < 1.29 is 9.53 Å². The van der Waals surface area contributed by atoms with Crippen molar-refractivity contribution in [2.24, 2.45) is 21.6 Å². The molecule has 28 heavy (non-hydrogen) atoms. The van der Waals surface area contributed by atoms with Crippen LogP contribution in [-0.2, 0) is 9.53 Å². The Balaban J connectivity index is 2.25. The zero-order valence-electron chi connectivity index (χ0n) is 16.1.